The molecule has 1 unspecified atom stereocenters. The molecule has 1 aromatic rings. The number of alkyl halides is 3. The molecule has 2 amide bonds. The van der Waals surface area contributed by atoms with Crippen molar-refractivity contribution in [2.24, 2.45) is 0 Å². The molecule has 1 heterocycles. The SMILES string of the molecule is O=C(NC1CCCNC1=O)c1ccc(OC(F)(F)F)cc1. The highest BCUT2D eigenvalue weighted by molar-refractivity contribution is 5.97. The average molecular weight is 302 g/mol. The second kappa shape index (κ2) is 6.02. The molecular weight excluding hydrogens is 289 g/mol. The fourth-order valence-electron chi connectivity index (χ4n) is 1.96. The molecule has 1 fully saturated rings. The van der Waals surface area contributed by atoms with Gasteiger partial charge in [0.05, 0.1) is 0 Å². The number of hydrogen-bond acceptors (Lipinski definition) is 3. The number of amides is 2. The lowest BCUT2D eigenvalue weighted by molar-refractivity contribution is -0.274. The minimum absolute atomic E-state index is 0.155. The van der Waals surface area contributed by atoms with E-state index in [1.807, 2.05) is 0 Å². The largest absolute Gasteiger partial charge is 0.573 e. The Labute approximate surface area is 118 Å². The van der Waals surface area contributed by atoms with E-state index in [0.717, 1.165) is 18.6 Å². The highest BCUT2D eigenvalue weighted by Gasteiger charge is 2.31. The lowest BCUT2D eigenvalue weighted by Crippen LogP contribution is -2.50. The summed E-state index contributed by atoms with van der Waals surface area (Å²) in [5.41, 5.74) is 0.155. The number of benzene rings is 1. The molecule has 1 aliphatic heterocycles. The molecule has 1 saturated heterocycles. The molecule has 8 heteroatoms. The molecule has 0 radical (unpaired) electrons. The van der Waals surface area contributed by atoms with Crippen molar-refractivity contribution < 1.29 is 27.5 Å². The third-order valence-electron chi connectivity index (χ3n) is 2.94. The van der Waals surface area contributed by atoms with Crippen molar-refractivity contribution in [1.29, 1.82) is 0 Å². The Hall–Kier alpha value is -2.25. The average Bonchev–Trinajstić information content (AvgIpc) is 2.40. The summed E-state index contributed by atoms with van der Waals surface area (Å²) in [7, 11) is 0. The van der Waals surface area contributed by atoms with Gasteiger partial charge in [0.25, 0.3) is 5.91 Å². The predicted molar refractivity (Wildman–Crippen MR) is 66.6 cm³/mol. The van der Waals surface area contributed by atoms with Gasteiger partial charge in [-0.05, 0) is 37.1 Å². The van der Waals surface area contributed by atoms with Gasteiger partial charge in [-0.15, -0.1) is 13.2 Å². The summed E-state index contributed by atoms with van der Waals surface area (Å²) in [4.78, 5) is 23.4. The van der Waals surface area contributed by atoms with Crippen LogP contribution >= 0.6 is 0 Å². The Morgan fingerprint density at radius 1 is 1.29 bits per heavy atom. The molecule has 0 aliphatic carbocycles. The molecule has 114 valence electrons. The highest BCUT2D eigenvalue weighted by atomic mass is 19.4. The van der Waals surface area contributed by atoms with Gasteiger partial charge in [0.2, 0.25) is 5.91 Å². The van der Waals surface area contributed by atoms with Crippen molar-refractivity contribution >= 4 is 11.8 Å². The molecule has 1 aromatic carbocycles. The van der Waals surface area contributed by atoms with Gasteiger partial charge in [-0.25, -0.2) is 0 Å². The second-order valence-electron chi connectivity index (χ2n) is 4.53. The standard InChI is InChI=1S/C13H13F3N2O3/c14-13(15,16)21-9-5-3-8(4-6-9)11(19)18-10-2-1-7-17-12(10)20/h3-6,10H,1-2,7H2,(H,17,20)(H,18,19). The lowest BCUT2D eigenvalue weighted by atomic mass is 10.1. The van der Waals surface area contributed by atoms with Crippen molar-refractivity contribution in [2.45, 2.75) is 25.2 Å². The first-order valence-corrected chi connectivity index (χ1v) is 6.29. The van der Waals surface area contributed by atoms with Crippen LogP contribution in [0, 0.1) is 0 Å². The quantitative estimate of drug-likeness (QED) is 0.891. The Kier molecular flexibility index (Phi) is 4.35. The molecule has 2 rings (SSSR count). The van der Waals surface area contributed by atoms with Crippen LogP contribution in [0.15, 0.2) is 24.3 Å². The van der Waals surface area contributed by atoms with Crippen LogP contribution in [-0.2, 0) is 4.79 Å². The molecule has 21 heavy (non-hydrogen) atoms. The maximum Gasteiger partial charge on any atom is 0.573 e. The smallest absolute Gasteiger partial charge is 0.406 e. The van der Waals surface area contributed by atoms with Crippen LogP contribution in [0.3, 0.4) is 0 Å². The minimum Gasteiger partial charge on any atom is -0.406 e. The van der Waals surface area contributed by atoms with Crippen molar-refractivity contribution in [2.75, 3.05) is 6.54 Å². The van der Waals surface area contributed by atoms with E-state index < -0.39 is 24.1 Å². The monoisotopic (exact) mass is 302 g/mol. The normalized spacial score (nSPS) is 18.8. The van der Waals surface area contributed by atoms with Crippen LogP contribution in [0.1, 0.15) is 23.2 Å². The zero-order valence-corrected chi connectivity index (χ0v) is 10.9. The number of rotatable bonds is 3. The van der Waals surface area contributed by atoms with Crippen LogP contribution in [0.4, 0.5) is 13.2 Å². The lowest BCUT2D eigenvalue weighted by Gasteiger charge is -2.22. The van der Waals surface area contributed by atoms with Gasteiger partial charge in [-0.3, -0.25) is 9.59 Å². The molecule has 2 N–H and O–H groups in total. The van der Waals surface area contributed by atoms with E-state index in [9.17, 15) is 22.8 Å². The first-order chi connectivity index (χ1) is 9.85. The number of halogens is 3. The van der Waals surface area contributed by atoms with Crippen LogP contribution in [-0.4, -0.2) is 30.8 Å². The molecule has 1 atom stereocenters. The maximum absolute atomic E-state index is 12.0. The molecule has 1 aliphatic rings. The summed E-state index contributed by atoms with van der Waals surface area (Å²) < 4.78 is 39.7. The number of carbonyl (C=O) groups is 2. The van der Waals surface area contributed by atoms with Gasteiger partial charge in [-0.1, -0.05) is 0 Å². The van der Waals surface area contributed by atoms with Crippen molar-refractivity contribution in [3.8, 4) is 5.75 Å². The second-order valence-corrected chi connectivity index (χ2v) is 4.53. The van der Waals surface area contributed by atoms with Crippen molar-refractivity contribution in [3.63, 3.8) is 0 Å². The van der Waals surface area contributed by atoms with E-state index in [1.54, 1.807) is 0 Å². The van der Waals surface area contributed by atoms with Gasteiger partial charge in [0, 0.05) is 12.1 Å². The fraction of sp³-hybridized carbons (Fsp3) is 0.385. The zero-order valence-electron chi connectivity index (χ0n) is 10.9. The molecule has 0 spiro atoms. The van der Waals surface area contributed by atoms with Crippen LogP contribution in [0.5, 0.6) is 5.75 Å². The van der Waals surface area contributed by atoms with Crippen LogP contribution in [0.2, 0.25) is 0 Å². The topological polar surface area (TPSA) is 67.4 Å². The summed E-state index contributed by atoms with van der Waals surface area (Å²) in [5, 5.41) is 5.16. The summed E-state index contributed by atoms with van der Waals surface area (Å²) in [5.74, 6) is -1.18. The van der Waals surface area contributed by atoms with E-state index in [1.165, 1.54) is 12.1 Å². The Balaban J connectivity index is 1.98. The molecule has 0 bridgehead atoms. The van der Waals surface area contributed by atoms with Gasteiger partial charge in [0.15, 0.2) is 0 Å². The predicted octanol–water partition coefficient (Wildman–Crippen LogP) is 1.59. The Morgan fingerprint density at radius 3 is 2.52 bits per heavy atom. The van der Waals surface area contributed by atoms with Gasteiger partial charge in [-0.2, -0.15) is 0 Å². The first-order valence-electron chi connectivity index (χ1n) is 6.29. The van der Waals surface area contributed by atoms with Crippen molar-refractivity contribution in [3.05, 3.63) is 29.8 Å². The van der Waals surface area contributed by atoms with E-state index in [4.69, 9.17) is 0 Å². The number of carbonyl (C=O) groups excluding carboxylic acids is 2. The van der Waals surface area contributed by atoms with E-state index >= 15 is 0 Å². The Morgan fingerprint density at radius 2 is 1.95 bits per heavy atom. The summed E-state index contributed by atoms with van der Waals surface area (Å²) in [6, 6.07) is 3.89. The number of hydrogen-bond donors (Lipinski definition) is 2. The number of ether oxygens (including phenoxy) is 1. The van der Waals surface area contributed by atoms with Gasteiger partial charge in [0.1, 0.15) is 11.8 Å². The summed E-state index contributed by atoms with van der Waals surface area (Å²) >= 11 is 0. The first kappa shape index (κ1) is 15.1. The van der Waals surface area contributed by atoms with E-state index in [2.05, 4.69) is 15.4 Å². The van der Waals surface area contributed by atoms with Crippen molar-refractivity contribution in [1.82, 2.24) is 10.6 Å². The van der Waals surface area contributed by atoms with Gasteiger partial charge < -0.3 is 15.4 Å². The molecular formula is C13H13F3N2O3. The molecule has 0 saturated carbocycles. The van der Waals surface area contributed by atoms with E-state index in [0.29, 0.717) is 13.0 Å². The fourth-order valence-corrected chi connectivity index (χ4v) is 1.96. The van der Waals surface area contributed by atoms with Crippen LogP contribution < -0.4 is 15.4 Å². The van der Waals surface area contributed by atoms with Gasteiger partial charge >= 0.3 is 6.36 Å². The molecule has 5 nitrogen and oxygen atoms in total. The minimum atomic E-state index is -4.77. The third kappa shape index (κ3) is 4.37. The zero-order chi connectivity index (χ0) is 15.5. The maximum atomic E-state index is 12.0. The Bertz CT molecular complexity index is 528. The summed E-state index contributed by atoms with van der Waals surface area (Å²) in [6.45, 7) is 0.578. The number of piperidine rings is 1. The number of nitrogens with one attached hydrogen (secondary N) is 2. The van der Waals surface area contributed by atoms with E-state index in [-0.39, 0.29) is 11.5 Å². The summed E-state index contributed by atoms with van der Waals surface area (Å²) in [6.07, 6.45) is -3.48. The van der Waals surface area contributed by atoms with Crippen LogP contribution in [0.25, 0.3) is 0 Å². The molecule has 0 aromatic heterocycles. The third-order valence-corrected chi connectivity index (χ3v) is 2.94. The highest BCUT2D eigenvalue weighted by Crippen LogP contribution is 2.22.